The van der Waals surface area contributed by atoms with Gasteiger partial charge in [0.25, 0.3) is 5.91 Å². The standard InChI is InChI=1S/C48H47ClN6O9S2.CH4O/c49-41-42(64-19-18-56)44(47(61)62)65-43(41)30-5-2-7-32(21-30)52-33-22-48(23-33)25-54(26-48)66(63)24-28-4-1-6-31(20-28)51-17-15-29(14-16-50-27-57)34-10-11-37-40-35(34)8-3-9-36(40)46(60)55(37)38-12-13-39(58)53-45(38)59;1-2/h1-11,18,20-21,27,29,33,38,51-52H,12-17,19,22-26H2,(H,50,57)(H,61,62)(H,53,58,59);2H,1H3. The Hall–Kier alpha value is -6.18. The summed E-state index contributed by atoms with van der Waals surface area (Å²) < 4.78 is 21.0. The Bertz CT molecular complexity index is 2790. The number of ether oxygens (including phenoxy) is 1. The van der Waals surface area contributed by atoms with Gasteiger partial charge in [-0.1, -0.05) is 54.1 Å². The second-order valence-electron chi connectivity index (χ2n) is 17.3. The quantitative estimate of drug-likeness (QED) is 0.0286. The number of aldehydes is 1. The van der Waals surface area contributed by atoms with Gasteiger partial charge < -0.3 is 30.9 Å². The molecule has 2 saturated heterocycles. The molecule has 1 saturated carbocycles. The van der Waals surface area contributed by atoms with Crippen LogP contribution in [0.1, 0.15) is 75.6 Å². The van der Waals surface area contributed by atoms with Gasteiger partial charge >= 0.3 is 5.97 Å². The number of carbonyl (C=O) groups is 6. The number of rotatable bonds is 20. The molecule has 3 atom stereocenters. The summed E-state index contributed by atoms with van der Waals surface area (Å²) >= 11 is 7.54. The van der Waals surface area contributed by atoms with Crippen LogP contribution in [0, 0.1) is 5.41 Å². The number of hydrogen-bond acceptors (Lipinski definition) is 12. The molecule has 3 fully saturated rings. The van der Waals surface area contributed by atoms with E-state index in [0.717, 1.165) is 83.2 Å². The van der Waals surface area contributed by atoms with E-state index in [4.69, 9.17) is 21.4 Å². The van der Waals surface area contributed by atoms with Gasteiger partial charge in [-0.05, 0) is 96.5 Å². The zero-order valence-corrected chi connectivity index (χ0v) is 39.5. The molecule has 0 radical (unpaired) electrons. The number of aromatic carboxylic acids is 1. The zero-order valence-electron chi connectivity index (χ0n) is 37.1. The van der Waals surface area contributed by atoms with Gasteiger partial charge in [-0.3, -0.25) is 34.2 Å². The highest BCUT2D eigenvalue weighted by molar-refractivity contribution is 7.81. The predicted molar refractivity (Wildman–Crippen MR) is 262 cm³/mol. The molecule has 1 spiro atoms. The normalized spacial score (nSPS) is 18.1. The highest BCUT2D eigenvalue weighted by atomic mass is 35.5. The first-order valence-electron chi connectivity index (χ1n) is 22.3. The topological polar surface area (TPSA) is 224 Å². The summed E-state index contributed by atoms with van der Waals surface area (Å²) in [7, 11) is -0.196. The lowest BCUT2D eigenvalue weighted by Crippen LogP contribution is -2.65. The Kier molecular flexibility index (Phi) is 14.9. The van der Waals surface area contributed by atoms with Crippen molar-refractivity contribution in [2.75, 3.05) is 55.4 Å². The van der Waals surface area contributed by atoms with Crippen molar-refractivity contribution in [2.45, 2.75) is 62.3 Å². The van der Waals surface area contributed by atoms with Crippen LogP contribution in [0.25, 0.3) is 21.2 Å². The van der Waals surface area contributed by atoms with Gasteiger partial charge in [0.1, 0.15) is 17.7 Å². The Morgan fingerprint density at radius 2 is 1.75 bits per heavy atom. The number of amides is 4. The summed E-state index contributed by atoms with van der Waals surface area (Å²) in [5, 5.41) is 30.8. The second kappa shape index (κ2) is 21.0. The minimum atomic E-state index is -1.20. The predicted octanol–water partition coefficient (Wildman–Crippen LogP) is 6.33. The summed E-state index contributed by atoms with van der Waals surface area (Å²) in [6.45, 7) is 2.29. The van der Waals surface area contributed by atoms with E-state index in [2.05, 4.69) is 21.3 Å². The molecular weight excluding hydrogens is 932 g/mol. The molecule has 19 heteroatoms. The Balaban J connectivity index is 0.00000308. The van der Waals surface area contributed by atoms with Crippen LogP contribution in [0.3, 0.4) is 0 Å². The molecule has 356 valence electrons. The first kappa shape index (κ1) is 48.3. The van der Waals surface area contributed by atoms with E-state index in [0.29, 0.717) is 60.5 Å². The van der Waals surface area contributed by atoms with E-state index >= 15 is 0 Å². The number of carbonyl (C=O) groups excluding carboxylic acids is 5. The van der Waals surface area contributed by atoms with Gasteiger partial charge in [-0.15, -0.1) is 11.3 Å². The molecule has 9 rings (SSSR count). The van der Waals surface area contributed by atoms with Gasteiger partial charge in [0, 0.05) is 73.5 Å². The van der Waals surface area contributed by atoms with Crippen molar-refractivity contribution < 1.29 is 47.9 Å². The third kappa shape index (κ3) is 9.87. The molecule has 1 aliphatic carbocycles. The fourth-order valence-electron chi connectivity index (χ4n) is 9.94. The van der Waals surface area contributed by atoms with E-state index in [1.165, 1.54) is 4.90 Å². The zero-order chi connectivity index (χ0) is 48.1. The fraction of sp³-hybridized carbons (Fsp3) is 0.347. The van der Waals surface area contributed by atoms with Crippen molar-refractivity contribution >= 4 is 98.1 Å². The number of hydrogen-bond donors (Lipinski definition) is 6. The smallest absolute Gasteiger partial charge is 0.349 e. The Morgan fingerprint density at radius 3 is 2.50 bits per heavy atom. The van der Waals surface area contributed by atoms with Gasteiger partial charge in [-0.2, -0.15) is 0 Å². The van der Waals surface area contributed by atoms with E-state index in [9.17, 15) is 38.1 Å². The van der Waals surface area contributed by atoms with Crippen molar-refractivity contribution in [1.82, 2.24) is 14.9 Å². The second-order valence-corrected chi connectivity index (χ2v) is 20.1. The Morgan fingerprint density at radius 1 is 1.00 bits per heavy atom. The number of nitrogens with one attached hydrogen (secondary N) is 4. The van der Waals surface area contributed by atoms with Crippen LogP contribution in [-0.4, -0.2) is 107 Å². The SMILES string of the molecule is CO.O=CCOc1c(C(=O)O)sc(-c2cccc(NC3CC4(C3)CN(S(=O)Cc3cccc(NCCC(CCNC=O)c5ccc6c7c(cccc57)C(=O)N6C5CCC(=O)NC5=O)c3)C4)c2)c1Cl. The molecule has 4 aromatic carbocycles. The minimum absolute atomic E-state index is 0.00871. The third-order valence-corrected chi connectivity index (χ3v) is 16.0. The van der Waals surface area contributed by atoms with Gasteiger partial charge in [-0.25, -0.2) is 13.3 Å². The molecule has 6 N–H and O–H groups in total. The monoisotopic (exact) mass is 982 g/mol. The van der Waals surface area contributed by atoms with Crippen LogP contribution in [-0.2, 0) is 35.9 Å². The highest BCUT2D eigenvalue weighted by Gasteiger charge is 2.53. The van der Waals surface area contributed by atoms with Gasteiger partial charge in [0.15, 0.2) is 16.9 Å². The van der Waals surface area contributed by atoms with Crippen molar-refractivity contribution in [3.05, 3.63) is 105 Å². The molecule has 1 aromatic heterocycles. The highest BCUT2D eigenvalue weighted by Crippen LogP contribution is 2.51. The van der Waals surface area contributed by atoms with Gasteiger partial charge in [0.2, 0.25) is 18.2 Å². The van der Waals surface area contributed by atoms with E-state index in [-0.39, 0.29) is 64.3 Å². The number of benzene rings is 4. The van der Waals surface area contributed by atoms with Crippen LogP contribution < -0.4 is 30.9 Å². The Labute approximate surface area is 404 Å². The summed E-state index contributed by atoms with van der Waals surface area (Å²) in [5.74, 6) is -1.85. The first-order chi connectivity index (χ1) is 33.0. The van der Waals surface area contributed by atoms with E-state index in [1.54, 1.807) is 6.07 Å². The first-order valence-corrected chi connectivity index (χ1v) is 24.7. The molecule has 4 heterocycles. The average Bonchev–Trinajstić information content (AvgIpc) is 3.79. The summed E-state index contributed by atoms with van der Waals surface area (Å²) in [4.78, 5) is 74.4. The molecule has 5 aromatic rings. The van der Waals surface area contributed by atoms with Crippen molar-refractivity contribution in [3.63, 3.8) is 0 Å². The maximum atomic E-state index is 13.7. The minimum Gasteiger partial charge on any atom is -0.483 e. The lowest BCUT2D eigenvalue weighted by Gasteiger charge is -2.58. The van der Waals surface area contributed by atoms with Crippen LogP contribution in [0.4, 0.5) is 17.1 Å². The number of nitrogens with zero attached hydrogens (tertiary/aromatic N) is 2. The van der Waals surface area contributed by atoms with E-state index < -0.39 is 28.9 Å². The molecule has 4 amide bonds. The molecule has 3 aliphatic heterocycles. The summed E-state index contributed by atoms with van der Waals surface area (Å²) in [6, 6.07) is 24.6. The van der Waals surface area contributed by atoms with Crippen molar-refractivity contribution in [1.29, 1.82) is 0 Å². The number of anilines is 3. The number of aliphatic hydroxyl groups excluding tert-OH is 1. The number of thiophene rings is 1. The van der Waals surface area contributed by atoms with Crippen LogP contribution in [0.5, 0.6) is 5.75 Å². The van der Waals surface area contributed by atoms with Gasteiger partial charge in [0.05, 0.1) is 27.3 Å². The molecule has 0 bridgehead atoms. The van der Waals surface area contributed by atoms with Crippen molar-refractivity contribution in [2.24, 2.45) is 5.41 Å². The summed E-state index contributed by atoms with van der Waals surface area (Å²) in [5.41, 5.74) is 5.81. The molecule has 3 unspecified atom stereocenters. The average molecular weight is 984 g/mol. The lowest BCUT2D eigenvalue weighted by molar-refractivity contribution is -0.134. The number of carboxylic acid groups (broad SMARTS) is 1. The lowest BCUT2D eigenvalue weighted by atomic mass is 9.61. The largest absolute Gasteiger partial charge is 0.483 e. The molecule has 68 heavy (non-hydrogen) atoms. The number of imide groups is 1. The third-order valence-electron chi connectivity index (χ3n) is 12.9. The molecule has 4 aliphatic rings. The number of carboxylic acids is 1. The maximum Gasteiger partial charge on any atom is 0.349 e. The summed E-state index contributed by atoms with van der Waals surface area (Å²) in [6.07, 6.45) is 4.89. The van der Waals surface area contributed by atoms with Crippen LogP contribution in [0.2, 0.25) is 5.02 Å². The van der Waals surface area contributed by atoms with Crippen LogP contribution in [0.15, 0.2) is 78.9 Å². The van der Waals surface area contributed by atoms with Crippen molar-refractivity contribution in [3.8, 4) is 16.2 Å². The fourth-order valence-corrected chi connectivity index (χ4v) is 12.8. The molecular formula is C49H51ClN6O10S2. The maximum absolute atomic E-state index is 13.7. The number of aliphatic hydroxyl groups is 1. The number of piperidine rings is 1. The van der Waals surface area contributed by atoms with Crippen LogP contribution >= 0.6 is 22.9 Å². The van der Waals surface area contributed by atoms with E-state index in [1.807, 2.05) is 77.1 Å². The molecule has 16 nitrogen and oxygen atoms in total. The number of halogens is 1.